The number of carbonyl (C=O) groups excluding carboxylic acids is 1. The van der Waals surface area contributed by atoms with Gasteiger partial charge in [0.05, 0.1) is 18.8 Å². The molecule has 2 atom stereocenters. The van der Waals surface area contributed by atoms with Crippen molar-refractivity contribution in [1.82, 2.24) is 14.2 Å². The van der Waals surface area contributed by atoms with Crippen molar-refractivity contribution in [2.24, 2.45) is 0 Å². The molecule has 0 unspecified atom stereocenters. The van der Waals surface area contributed by atoms with Gasteiger partial charge in [-0.2, -0.15) is 12.7 Å². The van der Waals surface area contributed by atoms with Gasteiger partial charge in [-0.05, 0) is 49.2 Å². The summed E-state index contributed by atoms with van der Waals surface area (Å²) in [6, 6.07) is 16.1. The average molecular weight is 525 g/mol. The van der Waals surface area contributed by atoms with Gasteiger partial charge in [-0.25, -0.2) is 0 Å². The minimum atomic E-state index is -3.81. The molecule has 196 valence electrons. The molecule has 4 rings (SSSR count). The van der Waals surface area contributed by atoms with Gasteiger partial charge in [0.15, 0.2) is 0 Å². The fourth-order valence-corrected chi connectivity index (χ4v) is 5.15. The van der Waals surface area contributed by atoms with Crippen LogP contribution in [0.1, 0.15) is 27.0 Å². The molecule has 0 radical (unpaired) electrons. The summed E-state index contributed by atoms with van der Waals surface area (Å²) in [4.78, 5) is 19.0. The summed E-state index contributed by atoms with van der Waals surface area (Å²) in [6.45, 7) is 4.82. The van der Waals surface area contributed by atoms with Crippen molar-refractivity contribution >= 4 is 21.8 Å². The number of pyridine rings is 1. The summed E-state index contributed by atoms with van der Waals surface area (Å²) in [5, 5.41) is 0. The molecule has 0 aliphatic carbocycles. The number of methoxy groups -OCH3 is 1. The predicted octanol–water partition coefficient (Wildman–Crippen LogP) is 3.41. The Hall–Kier alpha value is -3.47. The number of benzene rings is 2. The van der Waals surface area contributed by atoms with E-state index < -0.39 is 16.3 Å². The van der Waals surface area contributed by atoms with Crippen molar-refractivity contribution in [3.05, 3.63) is 89.2 Å². The fraction of sp³-hybridized carbons (Fsp3) is 0.333. The molecule has 0 bridgehead atoms. The van der Waals surface area contributed by atoms with Crippen LogP contribution in [0.3, 0.4) is 0 Å². The van der Waals surface area contributed by atoms with Crippen LogP contribution < -0.4 is 9.46 Å². The van der Waals surface area contributed by atoms with E-state index in [-0.39, 0.29) is 18.6 Å². The number of rotatable bonds is 9. The highest BCUT2D eigenvalue weighted by Gasteiger charge is 2.37. The lowest BCUT2D eigenvalue weighted by molar-refractivity contribution is 0.0340. The molecule has 1 aliphatic heterocycles. The standard InChI is InChI=1S/C27H32N4O5S/c1-19-10-11-20(2)24(13-19)27(32)31-17-25(35-4)26(18-31)36-23-9-5-8-22(14-23)29-37(33,34)30(3)16-21-7-6-12-28-15-21/h5-15,25-26,29H,16-18H2,1-4H3/t25-,26-/m1/s1. The van der Waals surface area contributed by atoms with Gasteiger partial charge in [0, 0.05) is 44.7 Å². The van der Waals surface area contributed by atoms with Crippen molar-refractivity contribution in [2.45, 2.75) is 32.6 Å². The molecular weight excluding hydrogens is 492 g/mol. The molecule has 1 fully saturated rings. The molecule has 1 N–H and O–H groups in total. The lowest BCUT2D eigenvalue weighted by Gasteiger charge is -2.21. The Morgan fingerprint density at radius 2 is 1.89 bits per heavy atom. The SMILES string of the molecule is CO[C@@H]1CN(C(=O)c2cc(C)ccc2C)C[C@H]1Oc1cccc(NS(=O)(=O)N(C)Cc2cccnc2)c1. The molecule has 2 aromatic carbocycles. The number of carbonyl (C=O) groups is 1. The zero-order valence-electron chi connectivity index (χ0n) is 21.4. The molecule has 2 heterocycles. The molecule has 0 saturated carbocycles. The molecule has 1 aromatic heterocycles. The first-order valence-electron chi connectivity index (χ1n) is 12.0. The number of aryl methyl sites for hydroxylation is 2. The number of nitrogens with one attached hydrogen (secondary N) is 1. The predicted molar refractivity (Wildman–Crippen MR) is 142 cm³/mol. The lowest BCUT2D eigenvalue weighted by Crippen LogP contribution is -2.33. The van der Waals surface area contributed by atoms with Gasteiger partial charge in [0.25, 0.3) is 5.91 Å². The molecule has 0 spiro atoms. The minimum Gasteiger partial charge on any atom is -0.486 e. The number of nitrogens with zero attached hydrogens (tertiary/aromatic N) is 3. The van der Waals surface area contributed by atoms with Gasteiger partial charge in [-0.3, -0.25) is 14.5 Å². The van der Waals surface area contributed by atoms with Crippen LogP contribution in [-0.4, -0.2) is 68.0 Å². The van der Waals surface area contributed by atoms with Crippen LogP contribution in [0, 0.1) is 13.8 Å². The third-order valence-electron chi connectivity index (χ3n) is 6.34. The van der Waals surface area contributed by atoms with E-state index >= 15 is 0 Å². The van der Waals surface area contributed by atoms with E-state index in [1.54, 1.807) is 54.7 Å². The van der Waals surface area contributed by atoms with E-state index in [0.717, 1.165) is 16.7 Å². The lowest BCUT2D eigenvalue weighted by atomic mass is 10.0. The normalized spacial score (nSPS) is 17.7. The van der Waals surface area contributed by atoms with E-state index in [9.17, 15) is 13.2 Å². The number of hydrogen-bond acceptors (Lipinski definition) is 6. The summed E-state index contributed by atoms with van der Waals surface area (Å²) in [6.07, 6.45) is 2.54. The Balaban J connectivity index is 1.43. The monoisotopic (exact) mass is 524 g/mol. The maximum atomic E-state index is 13.2. The van der Waals surface area contributed by atoms with Crippen LogP contribution in [0.4, 0.5) is 5.69 Å². The fourth-order valence-electron chi connectivity index (χ4n) is 4.25. The zero-order valence-corrected chi connectivity index (χ0v) is 22.2. The number of hydrogen-bond donors (Lipinski definition) is 1. The summed E-state index contributed by atoms with van der Waals surface area (Å²) in [7, 11) is -0.715. The van der Waals surface area contributed by atoms with Crippen LogP contribution in [0.2, 0.25) is 0 Å². The Bertz CT molecular complexity index is 1350. The molecule has 9 nitrogen and oxygen atoms in total. The Morgan fingerprint density at radius 3 is 2.62 bits per heavy atom. The number of anilines is 1. The van der Waals surface area contributed by atoms with Crippen molar-refractivity contribution in [3.63, 3.8) is 0 Å². The number of ether oxygens (including phenoxy) is 2. The Kier molecular flexibility index (Phi) is 8.11. The summed E-state index contributed by atoms with van der Waals surface area (Å²) in [5.41, 5.74) is 3.75. The van der Waals surface area contributed by atoms with Gasteiger partial charge in [-0.15, -0.1) is 0 Å². The second kappa shape index (κ2) is 11.3. The van der Waals surface area contributed by atoms with Crippen molar-refractivity contribution < 1.29 is 22.7 Å². The summed E-state index contributed by atoms with van der Waals surface area (Å²) >= 11 is 0. The first-order chi connectivity index (χ1) is 17.7. The number of aromatic nitrogens is 1. The van der Waals surface area contributed by atoms with Crippen molar-refractivity contribution in [2.75, 3.05) is 32.0 Å². The smallest absolute Gasteiger partial charge is 0.301 e. The first-order valence-corrected chi connectivity index (χ1v) is 13.4. The Labute approximate surface area is 218 Å². The highest BCUT2D eigenvalue weighted by Crippen LogP contribution is 2.26. The third kappa shape index (κ3) is 6.46. The Morgan fingerprint density at radius 1 is 1.11 bits per heavy atom. The van der Waals surface area contributed by atoms with Gasteiger partial charge in [0.2, 0.25) is 0 Å². The third-order valence-corrected chi connectivity index (χ3v) is 7.78. The van der Waals surface area contributed by atoms with E-state index in [1.165, 1.54) is 11.4 Å². The molecule has 1 saturated heterocycles. The molecule has 1 amide bonds. The van der Waals surface area contributed by atoms with Crippen molar-refractivity contribution in [1.29, 1.82) is 0 Å². The quantitative estimate of drug-likeness (QED) is 0.461. The largest absolute Gasteiger partial charge is 0.486 e. The van der Waals surface area contributed by atoms with Gasteiger partial charge in [0.1, 0.15) is 18.0 Å². The van der Waals surface area contributed by atoms with Crippen LogP contribution >= 0.6 is 0 Å². The molecule has 1 aliphatic rings. The minimum absolute atomic E-state index is 0.0625. The highest BCUT2D eigenvalue weighted by atomic mass is 32.2. The summed E-state index contributed by atoms with van der Waals surface area (Å²) < 4.78 is 41.3. The van der Waals surface area contributed by atoms with E-state index in [2.05, 4.69) is 9.71 Å². The van der Waals surface area contributed by atoms with E-state index in [4.69, 9.17) is 9.47 Å². The van der Waals surface area contributed by atoms with Crippen LogP contribution in [0.5, 0.6) is 5.75 Å². The van der Waals surface area contributed by atoms with Crippen molar-refractivity contribution in [3.8, 4) is 5.75 Å². The first kappa shape index (κ1) is 26.6. The van der Waals surface area contributed by atoms with E-state index in [1.807, 2.05) is 38.1 Å². The molecule has 3 aromatic rings. The van der Waals surface area contributed by atoms with E-state index in [0.29, 0.717) is 30.1 Å². The number of amides is 1. The molecule has 10 heteroatoms. The molecule has 37 heavy (non-hydrogen) atoms. The molecular formula is C27H32N4O5S. The second-order valence-electron chi connectivity index (χ2n) is 9.21. The van der Waals surface area contributed by atoms with Crippen LogP contribution in [-0.2, 0) is 21.5 Å². The summed E-state index contributed by atoms with van der Waals surface area (Å²) in [5.74, 6) is 0.413. The highest BCUT2D eigenvalue weighted by molar-refractivity contribution is 7.90. The van der Waals surface area contributed by atoms with Crippen LogP contribution in [0.25, 0.3) is 0 Å². The zero-order chi connectivity index (χ0) is 26.6. The average Bonchev–Trinajstić information content (AvgIpc) is 3.28. The maximum absolute atomic E-state index is 13.2. The topological polar surface area (TPSA) is 101 Å². The van der Waals surface area contributed by atoms with Crippen LogP contribution in [0.15, 0.2) is 67.0 Å². The maximum Gasteiger partial charge on any atom is 0.301 e. The number of likely N-dealkylation sites (tertiary alicyclic amines) is 1. The van der Waals surface area contributed by atoms with Gasteiger partial charge in [-0.1, -0.05) is 29.8 Å². The second-order valence-corrected chi connectivity index (χ2v) is 11.0. The van der Waals surface area contributed by atoms with Gasteiger partial charge < -0.3 is 14.4 Å². The van der Waals surface area contributed by atoms with Gasteiger partial charge >= 0.3 is 10.2 Å².